The molecule has 0 aromatic heterocycles. The lowest BCUT2D eigenvalue weighted by Gasteiger charge is -2.48. The molecule has 0 amide bonds. The van der Waals surface area contributed by atoms with Crippen molar-refractivity contribution in [2.75, 3.05) is 18.8 Å². The number of carbonyl (C=O) groups excluding carboxylic acids is 1. The third-order valence-electron chi connectivity index (χ3n) is 7.53. The van der Waals surface area contributed by atoms with Crippen LogP contribution in [0.1, 0.15) is 92.4 Å². The van der Waals surface area contributed by atoms with Crippen molar-refractivity contribution in [2.45, 2.75) is 98.0 Å². The van der Waals surface area contributed by atoms with Crippen molar-refractivity contribution in [2.24, 2.45) is 22.7 Å². The summed E-state index contributed by atoms with van der Waals surface area (Å²) in [6, 6.07) is 0. The summed E-state index contributed by atoms with van der Waals surface area (Å²) in [6.07, 6.45) is 21.4. The second-order valence-corrected chi connectivity index (χ2v) is 15.0. The lowest BCUT2D eigenvalue weighted by atomic mass is 9.56. The van der Waals surface area contributed by atoms with Gasteiger partial charge in [-0.15, -0.1) is 10.3 Å². The number of Topliss-reactive ketones (excluding diaryl/α,β-unsaturated/α-hetero) is 1. The number of carbonyl (C=O) groups is 1. The summed E-state index contributed by atoms with van der Waals surface area (Å²) >= 11 is 0. The Hall–Kier alpha value is -0.280. The Morgan fingerprint density at radius 3 is 2.46 bits per heavy atom. The fourth-order valence-electron chi connectivity index (χ4n) is 6.52. The van der Waals surface area contributed by atoms with Gasteiger partial charge in [0.1, 0.15) is 5.78 Å². The average Bonchev–Trinajstić information content (AvgIpc) is 2.89. The average molecular weight is 411 g/mol. The monoisotopic (exact) mass is 410 g/mol. The molecule has 0 spiro atoms. The van der Waals surface area contributed by atoms with Gasteiger partial charge in [-0.3, -0.25) is 4.79 Å². The molecule has 2 nitrogen and oxygen atoms in total. The summed E-state index contributed by atoms with van der Waals surface area (Å²) in [5.74, 6) is 1.52. The van der Waals surface area contributed by atoms with E-state index in [2.05, 4.69) is 65.5 Å². The smallest absolute Gasteiger partial charge is 0.136 e. The fourth-order valence-corrected chi connectivity index (χ4v) is 7.95. The van der Waals surface area contributed by atoms with Crippen LogP contribution in [0.25, 0.3) is 0 Å². The fraction of sp³-hybridized carbons (Fsp3) is 0.880. The molecule has 2 fully saturated rings. The number of rotatable bonds is 9. The molecular weight excluding hydrogens is 364 g/mol. The highest BCUT2D eigenvalue weighted by Gasteiger charge is 2.56. The highest BCUT2D eigenvalue weighted by atomic mass is 32.3. The van der Waals surface area contributed by atoms with E-state index in [1.165, 1.54) is 25.7 Å². The van der Waals surface area contributed by atoms with E-state index in [0.29, 0.717) is 17.6 Å². The number of hydrogen-bond donors (Lipinski definition) is 0. The quantitative estimate of drug-likeness (QED) is 0.372. The number of hydrogen-bond acceptors (Lipinski definition) is 2. The highest BCUT2D eigenvalue weighted by molar-refractivity contribution is 8.28. The van der Waals surface area contributed by atoms with Crippen molar-refractivity contribution >= 4 is 16.1 Å². The van der Waals surface area contributed by atoms with Crippen LogP contribution in [-0.4, -0.2) is 30.2 Å². The molecule has 0 saturated heterocycles. The van der Waals surface area contributed by atoms with Crippen molar-refractivity contribution in [3.63, 3.8) is 0 Å². The predicted molar refractivity (Wildman–Crippen MR) is 125 cm³/mol. The van der Waals surface area contributed by atoms with Crippen LogP contribution in [0.3, 0.4) is 0 Å². The molecule has 164 valence electrons. The minimum absolute atomic E-state index is 0.0575. The first kappa shape index (κ1) is 24.0. The third kappa shape index (κ3) is 5.65. The van der Waals surface area contributed by atoms with Gasteiger partial charge < -0.3 is 4.18 Å². The molecule has 2 aliphatic rings. The SMILES string of the molecule is C/C=C\C[C@@](C)(CCCC(C)(C)OS(C)(C)C)[C@H]1CCC2C(=O)CCC[C@@]21C. The summed E-state index contributed by atoms with van der Waals surface area (Å²) in [6.45, 7) is 11.6. The summed E-state index contributed by atoms with van der Waals surface area (Å²) in [5.41, 5.74) is 0.434. The van der Waals surface area contributed by atoms with Crippen molar-refractivity contribution in [1.82, 2.24) is 0 Å². The first-order valence-corrected chi connectivity index (χ1v) is 14.1. The molecule has 0 radical (unpaired) electrons. The normalized spacial score (nSPS) is 31.8. The molecule has 0 aliphatic heterocycles. The van der Waals surface area contributed by atoms with Crippen LogP contribution in [-0.2, 0) is 8.98 Å². The maximum Gasteiger partial charge on any atom is 0.136 e. The summed E-state index contributed by atoms with van der Waals surface area (Å²) in [5, 5.41) is 0. The van der Waals surface area contributed by atoms with Gasteiger partial charge in [0.2, 0.25) is 0 Å². The maximum absolute atomic E-state index is 12.6. The van der Waals surface area contributed by atoms with Gasteiger partial charge in [-0.1, -0.05) is 26.0 Å². The zero-order valence-corrected chi connectivity index (χ0v) is 20.7. The van der Waals surface area contributed by atoms with Gasteiger partial charge in [-0.2, -0.15) is 0 Å². The minimum Gasteiger partial charge on any atom is -0.332 e. The maximum atomic E-state index is 12.6. The summed E-state index contributed by atoms with van der Waals surface area (Å²) in [7, 11) is -0.958. The van der Waals surface area contributed by atoms with Gasteiger partial charge in [0.15, 0.2) is 0 Å². The number of ketones is 1. The van der Waals surface area contributed by atoms with E-state index in [9.17, 15) is 4.79 Å². The van der Waals surface area contributed by atoms with E-state index in [0.717, 1.165) is 32.1 Å². The van der Waals surface area contributed by atoms with E-state index >= 15 is 0 Å². The van der Waals surface area contributed by atoms with Crippen LogP contribution in [0.15, 0.2) is 12.2 Å². The zero-order valence-electron chi connectivity index (χ0n) is 19.9. The minimum atomic E-state index is -0.958. The summed E-state index contributed by atoms with van der Waals surface area (Å²) < 4.78 is 6.39. The molecule has 3 heteroatoms. The van der Waals surface area contributed by atoms with Crippen LogP contribution in [0.5, 0.6) is 0 Å². The Bertz CT molecular complexity index is 574. The van der Waals surface area contributed by atoms with Crippen LogP contribution < -0.4 is 0 Å². The standard InChI is InChI=1S/C25H46O2S/c1-9-10-17-24(4,18-12-16-23(2,3)27-28(6,7)8)22-15-14-20-21(26)13-11-19-25(20,22)5/h9-10,20,22H,11-19H2,1-8H3/b10-9-/t20?,22-,24+,25+/m1/s1. The lowest BCUT2D eigenvalue weighted by Crippen LogP contribution is -2.43. The first-order valence-electron chi connectivity index (χ1n) is 11.4. The Balaban J connectivity index is 2.12. The molecule has 0 N–H and O–H groups in total. The van der Waals surface area contributed by atoms with Crippen LogP contribution in [0, 0.1) is 22.7 Å². The molecular formula is C25H46O2S. The van der Waals surface area contributed by atoms with Crippen molar-refractivity contribution in [3.8, 4) is 0 Å². The van der Waals surface area contributed by atoms with E-state index in [1.807, 2.05) is 0 Å². The second kappa shape index (κ2) is 8.84. The molecule has 0 bridgehead atoms. The third-order valence-corrected chi connectivity index (χ3v) is 8.48. The van der Waals surface area contributed by atoms with Crippen molar-refractivity contribution in [1.29, 1.82) is 0 Å². The first-order chi connectivity index (χ1) is 12.8. The van der Waals surface area contributed by atoms with Gasteiger partial charge in [0.25, 0.3) is 0 Å². The highest BCUT2D eigenvalue weighted by Crippen LogP contribution is 2.61. The van der Waals surface area contributed by atoms with Crippen molar-refractivity contribution in [3.05, 3.63) is 12.2 Å². The van der Waals surface area contributed by atoms with E-state index in [1.54, 1.807) is 0 Å². The Labute approximate surface area is 176 Å². The van der Waals surface area contributed by atoms with Crippen LogP contribution in [0.2, 0.25) is 0 Å². The molecule has 0 aromatic carbocycles. The van der Waals surface area contributed by atoms with Crippen LogP contribution >= 0.6 is 10.3 Å². The van der Waals surface area contributed by atoms with Crippen molar-refractivity contribution < 1.29 is 8.98 Å². The topological polar surface area (TPSA) is 26.3 Å². The molecule has 1 unspecified atom stereocenters. The van der Waals surface area contributed by atoms with E-state index in [-0.39, 0.29) is 16.4 Å². The Morgan fingerprint density at radius 1 is 1.18 bits per heavy atom. The molecule has 4 atom stereocenters. The van der Waals surface area contributed by atoms with Crippen LogP contribution in [0.4, 0.5) is 0 Å². The molecule has 2 aliphatic carbocycles. The Kier molecular flexibility index (Phi) is 7.57. The lowest BCUT2D eigenvalue weighted by molar-refractivity contribution is -0.131. The summed E-state index contributed by atoms with van der Waals surface area (Å²) in [4.78, 5) is 12.6. The van der Waals surface area contributed by atoms with Gasteiger partial charge >= 0.3 is 0 Å². The van der Waals surface area contributed by atoms with Gasteiger partial charge in [-0.25, -0.2) is 0 Å². The second-order valence-electron chi connectivity index (χ2n) is 11.4. The number of fused-ring (bicyclic) bond motifs is 1. The van der Waals surface area contributed by atoms with Gasteiger partial charge in [0, 0.05) is 12.3 Å². The van der Waals surface area contributed by atoms with Gasteiger partial charge in [-0.05, 0) is 108 Å². The predicted octanol–water partition coefficient (Wildman–Crippen LogP) is 7.32. The Morgan fingerprint density at radius 2 is 1.86 bits per heavy atom. The largest absolute Gasteiger partial charge is 0.332 e. The van der Waals surface area contributed by atoms with E-state index < -0.39 is 10.3 Å². The van der Waals surface area contributed by atoms with Gasteiger partial charge in [0.05, 0.1) is 5.60 Å². The molecule has 0 heterocycles. The molecule has 2 saturated carbocycles. The molecule has 0 aromatic rings. The molecule has 2 rings (SSSR count). The molecule has 28 heavy (non-hydrogen) atoms. The zero-order chi connectivity index (χ0) is 21.2. The number of allylic oxidation sites excluding steroid dienone is 2. The van der Waals surface area contributed by atoms with E-state index in [4.69, 9.17) is 4.18 Å².